The summed E-state index contributed by atoms with van der Waals surface area (Å²) in [5.74, 6) is 0. The van der Waals surface area contributed by atoms with Gasteiger partial charge >= 0.3 is 37.9 Å². The minimum absolute atomic E-state index is 0.795. The summed E-state index contributed by atoms with van der Waals surface area (Å²) in [6.07, 6.45) is 2.11. The minimum atomic E-state index is -0.826. The average molecular weight is 932 g/mol. The van der Waals surface area contributed by atoms with Gasteiger partial charge < -0.3 is 0 Å². The van der Waals surface area contributed by atoms with Crippen molar-refractivity contribution in [2.45, 2.75) is 26.7 Å². The Kier molecular flexibility index (Phi) is 14.8. The molecule has 0 saturated heterocycles. The molecule has 1 heterocycles. The molecular formula is C58H45Cl2SiZr-3. The molecule has 302 valence electrons. The second-order valence-corrected chi connectivity index (χ2v) is 20.1. The van der Waals surface area contributed by atoms with Crippen LogP contribution in [0.5, 0.6) is 0 Å². The second-order valence-electron chi connectivity index (χ2n) is 15.1. The Balaban J connectivity index is 0.000000128. The largest absolute Gasteiger partial charge is 0.184 e. The molecule has 1 aliphatic rings. The van der Waals surface area contributed by atoms with Gasteiger partial charge in [0.25, 0.3) is 0 Å². The van der Waals surface area contributed by atoms with Crippen molar-refractivity contribution in [3.8, 4) is 55.6 Å². The molecule has 2 radical (unpaired) electrons. The van der Waals surface area contributed by atoms with Crippen LogP contribution in [0.2, 0.25) is 0 Å². The zero-order valence-electron chi connectivity index (χ0n) is 34.9. The van der Waals surface area contributed by atoms with Crippen LogP contribution in [-0.2, 0) is 33.7 Å². The fraction of sp³-hybridized carbons (Fsp3) is 0.0690. The van der Waals surface area contributed by atoms with Gasteiger partial charge in [-0.25, -0.2) is 0 Å². The van der Waals surface area contributed by atoms with Crippen LogP contribution < -0.4 is 10.4 Å². The molecule has 0 atom stereocenters. The molecule has 62 heavy (non-hydrogen) atoms. The fourth-order valence-electron chi connectivity index (χ4n) is 8.44. The Morgan fingerprint density at radius 3 is 1.37 bits per heavy atom. The smallest absolute Gasteiger partial charge is 0.0920 e. The molecule has 0 unspecified atom stereocenters. The van der Waals surface area contributed by atoms with Crippen LogP contribution in [0.1, 0.15) is 25.0 Å². The molecule has 1 aliphatic heterocycles. The summed E-state index contributed by atoms with van der Waals surface area (Å²) in [7, 11) is 10.7. The van der Waals surface area contributed by atoms with Gasteiger partial charge in [-0.05, 0) is 35.1 Å². The van der Waals surface area contributed by atoms with Gasteiger partial charge in [0, 0.05) is 0 Å². The van der Waals surface area contributed by atoms with Crippen molar-refractivity contribution in [2.75, 3.05) is 0 Å². The normalized spacial score (nSPS) is 11.0. The van der Waals surface area contributed by atoms with E-state index in [2.05, 4.69) is 226 Å². The van der Waals surface area contributed by atoms with Crippen LogP contribution in [0.3, 0.4) is 0 Å². The van der Waals surface area contributed by atoms with Crippen molar-refractivity contribution in [2.24, 2.45) is 0 Å². The van der Waals surface area contributed by atoms with Crippen molar-refractivity contribution in [3.63, 3.8) is 0 Å². The topological polar surface area (TPSA) is 0 Å². The summed E-state index contributed by atoms with van der Waals surface area (Å²) in [6.45, 7) is 4.44. The van der Waals surface area contributed by atoms with Crippen molar-refractivity contribution >= 4 is 58.5 Å². The first-order valence-electron chi connectivity index (χ1n) is 21.1. The number of hydrogen-bond acceptors (Lipinski definition) is 0. The van der Waals surface area contributed by atoms with Crippen LogP contribution in [0.15, 0.2) is 212 Å². The summed E-state index contributed by atoms with van der Waals surface area (Å²) >= 11 is -0.826. The maximum atomic E-state index is 4.93. The van der Waals surface area contributed by atoms with Gasteiger partial charge in [0.05, 0.1) is 9.52 Å². The first kappa shape index (κ1) is 43.3. The van der Waals surface area contributed by atoms with E-state index in [1.165, 1.54) is 98.7 Å². The van der Waals surface area contributed by atoms with Crippen molar-refractivity contribution in [1.82, 2.24) is 0 Å². The Morgan fingerprint density at radius 2 is 0.871 bits per heavy atom. The molecule has 0 nitrogen and oxygen atoms in total. The second kappa shape index (κ2) is 21.2. The van der Waals surface area contributed by atoms with Gasteiger partial charge in [-0.15, -0.1) is 74.6 Å². The van der Waals surface area contributed by atoms with E-state index >= 15 is 0 Å². The van der Waals surface area contributed by atoms with E-state index in [9.17, 15) is 0 Å². The number of halogens is 2. The van der Waals surface area contributed by atoms with Gasteiger partial charge in [-0.3, -0.25) is 0 Å². The molecule has 11 rings (SSSR count). The van der Waals surface area contributed by atoms with Crippen molar-refractivity contribution in [3.05, 3.63) is 230 Å². The molecule has 0 aromatic heterocycles. The Labute approximate surface area is 388 Å². The maximum absolute atomic E-state index is 4.93. The van der Waals surface area contributed by atoms with Crippen LogP contribution >= 0.6 is 17.0 Å². The summed E-state index contributed by atoms with van der Waals surface area (Å²) in [5.41, 5.74) is 16.1. The van der Waals surface area contributed by atoms with Crippen LogP contribution in [-0.4, -0.2) is 9.52 Å². The minimum Gasteiger partial charge on any atom is -0.184 e. The fourth-order valence-corrected chi connectivity index (χ4v) is 9.75. The molecule has 0 saturated carbocycles. The standard InChI is InChI=1S/2C23H19.C12H7Si.2ClH.Zr/c2*1-2-17-9-6-7-13-21(17)22-14-8-12-19-15-20(16-23(19)22)18-10-4-3-5-11-18;1-3-7-11-9(5-1)10-6-2-4-8-12(10)13-11;;;/h2*3-16H,2H2,1H3;1-7H;2*1H;/q3*-1;;;+2/p-2. The maximum Gasteiger partial charge on any atom is 0.0920 e. The van der Waals surface area contributed by atoms with Crippen molar-refractivity contribution < 1.29 is 20.8 Å². The van der Waals surface area contributed by atoms with E-state index < -0.39 is 20.8 Å². The molecule has 0 fully saturated rings. The van der Waals surface area contributed by atoms with E-state index in [1.807, 2.05) is 6.07 Å². The molecule has 10 aromatic rings. The van der Waals surface area contributed by atoms with Crippen LogP contribution in [0.25, 0.3) is 77.2 Å². The van der Waals surface area contributed by atoms with Gasteiger partial charge in [0.2, 0.25) is 0 Å². The number of benzene rings is 8. The van der Waals surface area contributed by atoms with E-state index in [4.69, 9.17) is 17.0 Å². The van der Waals surface area contributed by atoms with E-state index in [0.717, 1.165) is 22.4 Å². The summed E-state index contributed by atoms with van der Waals surface area (Å²) in [4.78, 5) is 0. The van der Waals surface area contributed by atoms with Crippen LogP contribution in [0.4, 0.5) is 0 Å². The SMILES string of the molecule is CCc1ccccc1-c1cccc2[cH-]c(-c3ccccc3)cc12.CCc1ccccc1-c1cccc2[cH-]c(-c3ccccc3)cc12.[Cl][Zr][Cl].[c-]1cccc2c1[Si]c1ccccc1-2. The first-order chi connectivity index (χ1) is 30.6. The van der Waals surface area contributed by atoms with Gasteiger partial charge in [-0.2, -0.15) is 29.5 Å². The molecular weight excluding hydrogens is 887 g/mol. The van der Waals surface area contributed by atoms with Crippen LogP contribution in [0, 0.1) is 6.07 Å². The molecule has 0 aliphatic carbocycles. The molecule has 4 heteroatoms. The third-order valence-electron chi connectivity index (χ3n) is 11.4. The van der Waals surface area contributed by atoms with E-state index in [-0.39, 0.29) is 0 Å². The first-order valence-corrected chi connectivity index (χ1v) is 28.4. The Bertz CT molecular complexity index is 2810. The summed E-state index contributed by atoms with van der Waals surface area (Å²) < 4.78 is 0. The van der Waals surface area contributed by atoms with Gasteiger partial charge in [0.15, 0.2) is 0 Å². The summed E-state index contributed by atoms with van der Waals surface area (Å²) in [6, 6.07) is 79.3. The summed E-state index contributed by atoms with van der Waals surface area (Å²) in [5, 5.41) is 8.13. The molecule has 0 amide bonds. The number of aryl methyl sites for hydroxylation is 2. The van der Waals surface area contributed by atoms with Gasteiger partial charge in [0.1, 0.15) is 0 Å². The third-order valence-corrected chi connectivity index (χ3v) is 12.8. The monoisotopic (exact) mass is 929 g/mol. The number of rotatable bonds is 6. The Morgan fingerprint density at radius 1 is 0.452 bits per heavy atom. The zero-order chi connectivity index (χ0) is 42.7. The number of hydrogen-bond donors (Lipinski definition) is 0. The third kappa shape index (κ3) is 9.81. The molecule has 10 aromatic carbocycles. The molecule has 0 N–H and O–H groups in total. The predicted molar refractivity (Wildman–Crippen MR) is 267 cm³/mol. The number of fused-ring (bicyclic) bond motifs is 5. The van der Waals surface area contributed by atoms with Gasteiger partial charge in [-0.1, -0.05) is 205 Å². The zero-order valence-corrected chi connectivity index (χ0v) is 39.8. The predicted octanol–water partition coefficient (Wildman–Crippen LogP) is 15.4. The molecule has 0 spiro atoms. The molecule has 0 bridgehead atoms. The quantitative estimate of drug-likeness (QED) is 0.115. The Hall–Kier alpha value is -5.34. The average Bonchev–Trinajstić information content (AvgIpc) is 4.09. The van der Waals surface area contributed by atoms with E-state index in [1.54, 1.807) is 0 Å². The van der Waals surface area contributed by atoms with E-state index in [0.29, 0.717) is 0 Å². The van der Waals surface area contributed by atoms with Crippen molar-refractivity contribution in [1.29, 1.82) is 0 Å².